The van der Waals surface area contributed by atoms with E-state index >= 15 is 0 Å². The molecule has 1 atom stereocenters. The first-order valence-corrected chi connectivity index (χ1v) is 6.60. The quantitative estimate of drug-likeness (QED) is 0.741. The van der Waals surface area contributed by atoms with Crippen molar-refractivity contribution < 1.29 is 17.8 Å². The predicted octanol–water partition coefficient (Wildman–Crippen LogP) is 2.05. The molecule has 0 fully saturated rings. The molecule has 0 saturated heterocycles. The molecular formula is C10H20O4S. The lowest BCUT2D eigenvalue weighted by atomic mass is 9.88. The van der Waals surface area contributed by atoms with Crippen LogP contribution >= 0.6 is 0 Å². The third-order valence-corrected chi connectivity index (χ3v) is 3.72. The fourth-order valence-corrected chi connectivity index (χ4v) is 2.92. The van der Waals surface area contributed by atoms with Crippen LogP contribution < -0.4 is 0 Å². The molecule has 0 heterocycles. The van der Waals surface area contributed by atoms with Gasteiger partial charge in [0.1, 0.15) is 5.25 Å². The fraction of sp³-hybridized carbons (Fsp3) is 0.900. The lowest BCUT2D eigenvalue weighted by Crippen LogP contribution is -2.41. The number of Topliss-reactive ketones (excluding diaryl/α,β-unsaturated/α-hetero) is 1. The zero-order valence-corrected chi connectivity index (χ0v) is 10.6. The average Bonchev–Trinajstić information content (AvgIpc) is 1.94. The van der Waals surface area contributed by atoms with Gasteiger partial charge in [0.2, 0.25) is 0 Å². The topological polar surface area (TPSA) is 71.4 Å². The third-order valence-electron chi connectivity index (χ3n) is 2.15. The van der Waals surface area contributed by atoms with Crippen molar-refractivity contribution in [1.82, 2.24) is 0 Å². The highest BCUT2D eigenvalue weighted by molar-refractivity contribution is 7.87. The smallest absolute Gasteiger partial charge is 0.275 e. The van der Waals surface area contributed by atoms with Crippen LogP contribution in [0.3, 0.4) is 0 Å². The Morgan fingerprint density at radius 1 is 1.33 bits per heavy atom. The van der Waals surface area contributed by atoms with Crippen LogP contribution in [0, 0.1) is 5.41 Å². The molecule has 1 unspecified atom stereocenters. The van der Waals surface area contributed by atoms with Crippen LogP contribution in [0.25, 0.3) is 0 Å². The van der Waals surface area contributed by atoms with E-state index < -0.39 is 26.6 Å². The normalized spacial score (nSPS) is 15.0. The first-order valence-electron chi connectivity index (χ1n) is 5.09. The van der Waals surface area contributed by atoms with Crippen molar-refractivity contribution in [1.29, 1.82) is 0 Å². The number of hydrogen-bond donors (Lipinski definition) is 1. The van der Waals surface area contributed by atoms with Crippen LogP contribution in [0.15, 0.2) is 0 Å². The lowest BCUT2D eigenvalue weighted by Gasteiger charge is -2.26. The fourth-order valence-electron chi connectivity index (χ4n) is 1.58. The number of carbonyl (C=O) groups is 1. The Morgan fingerprint density at radius 3 is 2.07 bits per heavy atom. The maximum absolute atomic E-state index is 11.7. The maximum Gasteiger partial charge on any atom is 0.275 e. The molecule has 0 rings (SSSR count). The summed E-state index contributed by atoms with van der Waals surface area (Å²) in [4.78, 5) is 11.7. The number of carbonyl (C=O) groups excluding carboxylic acids is 1. The van der Waals surface area contributed by atoms with Crippen LogP contribution in [0.5, 0.6) is 0 Å². The van der Waals surface area contributed by atoms with Crippen LogP contribution in [0.1, 0.15) is 47.0 Å². The number of rotatable bonds is 5. The molecule has 0 spiro atoms. The van der Waals surface area contributed by atoms with Crippen molar-refractivity contribution in [3.8, 4) is 0 Å². The van der Waals surface area contributed by atoms with Crippen LogP contribution in [-0.2, 0) is 14.9 Å². The Labute approximate surface area is 91.8 Å². The zero-order valence-electron chi connectivity index (χ0n) is 9.78. The predicted molar refractivity (Wildman–Crippen MR) is 59.3 cm³/mol. The van der Waals surface area contributed by atoms with Crippen LogP contribution in [0.4, 0.5) is 0 Å². The highest BCUT2D eigenvalue weighted by atomic mass is 32.2. The Kier molecular flexibility index (Phi) is 4.93. The van der Waals surface area contributed by atoms with Gasteiger partial charge in [-0.1, -0.05) is 34.1 Å². The Bertz CT molecular complexity index is 311. The Balaban J connectivity index is 4.91. The summed E-state index contributed by atoms with van der Waals surface area (Å²) in [6.45, 7) is 6.83. The standard InChI is InChI=1S/C10H20O4S/c1-5-6-7-8(11)9(10(2,3)4)15(12,13)14/h9H,5-7H2,1-4H3,(H,12,13,14). The molecule has 0 aliphatic heterocycles. The second-order valence-corrected chi connectivity index (χ2v) is 6.33. The highest BCUT2D eigenvalue weighted by Gasteiger charge is 2.40. The number of unbranched alkanes of at least 4 members (excludes halogenated alkanes) is 1. The molecule has 0 aliphatic carbocycles. The molecule has 90 valence electrons. The van der Waals surface area contributed by atoms with Gasteiger partial charge in [-0.15, -0.1) is 0 Å². The van der Waals surface area contributed by atoms with Crippen molar-refractivity contribution in [2.24, 2.45) is 5.41 Å². The minimum Gasteiger partial charge on any atom is -0.298 e. The van der Waals surface area contributed by atoms with E-state index in [-0.39, 0.29) is 6.42 Å². The van der Waals surface area contributed by atoms with Crippen molar-refractivity contribution in [3.05, 3.63) is 0 Å². The molecule has 0 bridgehead atoms. The van der Waals surface area contributed by atoms with E-state index in [1.165, 1.54) is 0 Å². The van der Waals surface area contributed by atoms with E-state index in [2.05, 4.69) is 0 Å². The summed E-state index contributed by atoms with van der Waals surface area (Å²) in [5.41, 5.74) is -0.765. The molecule has 1 N–H and O–H groups in total. The Hall–Kier alpha value is -0.420. The Morgan fingerprint density at radius 2 is 1.80 bits per heavy atom. The molecular weight excluding hydrogens is 216 g/mol. The molecule has 0 amide bonds. The number of hydrogen-bond acceptors (Lipinski definition) is 3. The van der Waals surface area contributed by atoms with Gasteiger partial charge < -0.3 is 0 Å². The summed E-state index contributed by atoms with van der Waals surface area (Å²) in [5.74, 6) is -0.396. The van der Waals surface area contributed by atoms with Crippen LogP contribution in [0.2, 0.25) is 0 Å². The van der Waals surface area contributed by atoms with Crippen molar-refractivity contribution in [2.75, 3.05) is 0 Å². The van der Waals surface area contributed by atoms with E-state index in [1.54, 1.807) is 20.8 Å². The van der Waals surface area contributed by atoms with Crippen molar-refractivity contribution in [2.45, 2.75) is 52.2 Å². The SMILES string of the molecule is CCCCC(=O)C(C(C)(C)C)S(=O)(=O)O. The van der Waals surface area contributed by atoms with Gasteiger partial charge in [-0.05, 0) is 11.8 Å². The first-order chi connectivity index (χ1) is 6.60. The van der Waals surface area contributed by atoms with Crippen LogP contribution in [-0.4, -0.2) is 24.0 Å². The van der Waals surface area contributed by atoms with Gasteiger partial charge in [-0.2, -0.15) is 8.42 Å². The summed E-state index contributed by atoms with van der Waals surface area (Å²) in [7, 11) is -4.30. The lowest BCUT2D eigenvalue weighted by molar-refractivity contribution is -0.120. The van der Waals surface area contributed by atoms with Gasteiger partial charge in [0, 0.05) is 6.42 Å². The molecule has 0 aromatic carbocycles. The molecule has 0 radical (unpaired) electrons. The van der Waals surface area contributed by atoms with Gasteiger partial charge in [-0.3, -0.25) is 9.35 Å². The molecule has 5 heteroatoms. The zero-order chi connectivity index (χ0) is 12.3. The average molecular weight is 236 g/mol. The van der Waals surface area contributed by atoms with Gasteiger partial charge in [0.25, 0.3) is 10.1 Å². The molecule has 4 nitrogen and oxygen atoms in total. The second-order valence-electron chi connectivity index (χ2n) is 4.83. The summed E-state index contributed by atoms with van der Waals surface area (Å²) in [5, 5.41) is -1.31. The van der Waals surface area contributed by atoms with Gasteiger partial charge in [0.05, 0.1) is 0 Å². The monoisotopic (exact) mass is 236 g/mol. The molecule has 15 heavy (non-hydrogen) atoms. The summed E-state index contributed by atoms with van der Waals surface area (Å²) in [6, 6.07) is 0. The number of ketones is 1. The summed E-state index contributed by atoms with van der Waals surface area (Å²) < 4.78 is 31.3. The molecule has 0 saturated carbocycles. The second kappa shape index (κ2) is 5.07. The van der Waals surface area contributed by atoms with Gasteiger partial charge >= 0.3 is 0 Å². The minimum atomic E-state index is -4.30. The van der Waals surface area contributed by atoms with E-state index in [1.807, 2.05) is 6.92 Å². The van der Waals surface area contributed by atoms with Gasteiger partial charge in [0.15, 0.2) is 5.78 Å². The molecule has 0 aromatic heterocycles. The van der Waals surface area contributed by atoms with E-state index in [9.17, 15) is 13.2 Å². The van der Waals surface area contributed by atoms with E-state index in [4.69, 9.17) is 4.55 Å². The largest absolute Gasteiger partial charge is 0.298 e. The first kappa shape index (κ1) is 14.6. The van der Waals surface area contributed by atoms with Gasteiger partial charge in [-0.25, -0.2) is 0 Å². The van der Waals surface area contributed by atoms with Crippen molar-refractivity contribution in [3.63, 3.8) is 0 Å². The summed E-state index contributed by atoms with van der Waals surface area (Å²) >= 11 is 0. The highest BCUT2D eigenvalue weighted by Crippen LogP contribution is 2.27. The summed E-state index contributed by atoms with van der Waals surface area (Å²) in [6.07, 6.45) is 1.69. The minimum absolute atomic E-state index is 0.207. The van der Waals surface area contributed by atoms with E-state index in [0.29, 0.717) is 6.42 Å². The van der Waals surface area contributed by atoms with E-state index in [0.717, 1.165) is 6.42 Å². The maximum atomic E-state index is 11.7. The van der Waals surface area contributed by atoms with Crippen molar-refractivity contribution >= 4 is 15.9 Å². The third kappa shape index (κ3) is 4.75. The molecule has 0 aromatic rings. The molecule has 0 aliphatic rings.